The fraction of sp³-hybridized carbons (Fsp3) is 0.571. The van der Waals surface area contributed by atoms with Crippen molar-refractivity contribution < 1.29 is 14.6 Å². The summed E-state index contributed by atoms with van der Waals surface area (Å²) < 4.78 is 4.86. The maximum Gasteiger partial charge on any atom is 0.189 e. The van der Waals surface area contributed by atoms with Gasteiger partial charge in [-0.2, -0.15) is 0 Å². The molecular formula is C7H10O3. The SMILES string of the molecule is C=CC(=O)C1(O)CCOC1. The van der Waals surface area contributed by atoms with Gasteiger partial charge in [-0.05, 0) is 6.08 Å². The van der Waals surface area contributed by atoms with E-state index >= 15 is 0 Å². The first-order valence-electron chi connectivity index (χ1n) is 3.16. The molecule has 0 amide bonds. The largest absolute Gasteiger partial charge is 0.379 e. The molecule has 1 atom stereocenters. The number of aliphatic hydroxyl groups is 1. The Morgan fingerprint density at radius 3 is 2.90 bits per heavy atom. The summed E-state index contributed by atoms with van der Waals surface area (Å²) in [6.45, 7) is 3.85. The molecule has 0 radical (unpaired) electrons. The standard InChI is InChI=1S/C7H10O3/c1-2-6(8)7(9)3-4-10-5-7/h2,9H,1,3-5H2. The molecule has 56 valence electrons. The molecule has 0 bridgehead atoms. The van der Waals surface area contributed by atoms with Gasteiger partial charge in [0, 0.05) is 6.42 Å². The highest BCUT2D eigenvalue weighted by Crippen LogP contribution is 2.19. The molecular weight excluding hydrogens is 132 g/mol. The third-order valence-electron chi connectivity index (χ3n) is 1.64. The van der Waals surface area contributed by atoms with Gasteiger partial charge < -0.3 is 9.84 Å². The fourth-order valence-electron chi connectivity index (χ4n) is 0.939. The van der Waals surface area contributed by atoms with Crippen LogP contribution in [0.25, 0.3) is 0 Å². The average molecular weight is 142 g/mol. The Hall–Kier alpha value is -0.670. The first-order valence-corrected chi connectivity index (χ1v) is 3.16. The van der Waals surface area contributed by atoms with Crippen LogP contribution in [0.1, 0.15) is 6.42 Å². The summed E-state index contributed by atoms with van der Waals surface area (Å²) in [5, 5.41) is 9.41. The Kier molecular flexibility index (Phi) is 1.87. The Labute approximate surface area is 59.3 Å². The van der Waals surface area contributed by atoms with Crippen molar-refractivity contribution in [1.82, 2.24) is 0 Å². The van der Waals surface area contributed by atoms with Gasteiger partial charge in [-0.25, -0.2) is 0 Å². The lowest BCUT2D eigenvalue weighted by Gasteiger charge is -2.15. The second kappa shape index (κ2) is 2.52. The van der Waals surface area contributed by atoms with Crippen molar-refractivity contribution in [3.05, 3.63) is 12.7 Å². The summed E-state index contributed by atoms with van der Waals surface area (Å²) in [5.41, 5.74) is -1.28. The van der Waals surface area contributed by atoms with E-state index in [1.807, 2.05) is 0 Å². The van der Waals surface area contributed by atoms with Gasteiger partial charge in [0.1, 0.15) is 0 Å². The molecule has 3 nitrogen and oxygen atoms in total. The van der Waals surface area contributed by atoms with E-state index < -0.39 is 5.60 Å². The quantitative estimate of drug-likeness (QED) is 0.547. The zero-order valence-electron chi connectivity index (χ0n) is 5.67. The summed E-state index contributed by atoms with van der Waals surface area (Å²) in [6, 6.07) is 0. The molecule has 3 heteroatoms. The third kappa shape index (κ3) is 1.10. The lowest BCUT2D eigenvalue weighted by Crippen LogP contribution is -2.37. The van der Waals surface area contributed by atoms with E-state index in [4.69, 9.17) is 4.74 Å². The molecule has 0 saturated carbocycles. The highest BCUT2D eigenvalue weighted by molar-refractivity contribution is 5.96. The molecule has 1 rings (SSSR count). The van der Waals surface area contributed by atoms with Crippen molar-refractivity contribution in [3.8, 4) is 0 Å². The van der Waals surface area contributed by atoms with E-state index in [0.29, 0.717) is 13.0 Å². The Bertz CT molecular complexity index is 156. The van der Waals surface area contributed by atoms with Gasteiger partial charge in [0.25, 0.3) is 0 Å². The summed E-state index contributed by atoms with van der Waals surface area (Å²) in [7, 11) is 0. The van der Waals surface area contributed by atoms with E-state index in [-0.39, 0.29) is 12.4 Å². The lowest BCUT2D eigenvalue weighted by molar-refractivity contribution is -0.131. The zero-order chi connectivity index (χ0) is 7.61. The summed E-state index contributed by atoms with van der Waals surface area (Å²) in [6.07, 6.45) is 1.52. The molecule has 1 aliphatic rings. The second-order valence-electron chi connectivity index (χ2n) is 2.40. The molecule has 1 saturated heterocycles. The van der Waals surface area contributed by atoms with Crippen molar-refractivity contribution in [3.63, 3.8) is 0 Å². The smallest absolute Gasteiger partial charge is 0.189 e. The monoisotopic (exact) mass is 142 g/mol. The molecule has 0 aromatic heterocycles. The van der Waals surface area contributed by atoms with Gasteiger partial charge in [0.05, 0.1) is 13.2 Å². The van der Waals surface area contributed by atoms with Crippen molar-refractivity contribution in [2.75, 3.05) is 13.2 Å². The number of rotatable bonds is 2. The van der Waals surface area contributed by atoms with Crippen LogP contribution in [-0.2, 0) is 9.53 Å². The van der Waals surface area contributed by atoms with Crippen LogP contribution in [0.5, 0.6) is 0 Å². The minimum atomic E-state index is -1.28. The molecule has 1 aliphatic heterocycles. The van der Waals surface area contributed by atoms with Crippen LogP contribution < -0.4 is 0 Å². The Morgan fingerprint density at radius 1 is 1.80 bits per heavy atom. The average Bonchev–Trinajstić information content (AvgIpc) is 2.36. The van der Waals surface area contributed by atoms with Crippen LogP contribution in [0.15, 0.2) is 12.7 Å². The minimum Gasteiger partial charge on any atom is -0.379 e. The number of carbonyl (C=O) groups is 1. The lowest BCUT2D eigenvalue weighted by atomic mass is 9.98. The van der Waals surface area contributed by atoms with Crippen LogP contribution in [0.2, 0.25) is 0 Å². The van der Waals surface area contributed by atoms with E-state index in [1.54, 1.807) is 0 Å². The zero-order valence-corrected chi connectivity index (χ0v) is 5.67. The van der Waals surface area contributed by atoms with Crippen LogP contribution in [0.3, 0.4) is 0 Å². The molecule has 10 heavy (non-hydrogen) atoms. The fourth-order valence-corrected chi connectivity index (χ4v) is 0.939. The number of ether oxygens (including phenoxy) is 1. The van der Waals surface area contributed by atoms with Crippen LogP contribution >= 0.6 is 0 Å². The van der Waals surface area contributed by atoms with Crippen molar-refractivity contribution in [2.45, 2.75) is 12.0 Å². The van der Waals surface area contributed by atoms with Gasteiger partial charge in [0.15, 0.2) is 11.4 Å². The maximum absolute atomic E-state index is 10.9. The Morgan fingerprint density at radius 2 is 2.50 bits per heavy atom. The molecule has 1 N–H and O–H groups in total. The summed E-state index contributed by atoms with van der Waals surface area (Å²) in [4.78, 5) is 10.9. The third-order valence-corrected chi connectivity index (χ3v) is 1.64. The summed E-state index contributed by atoms with van der Waals surface area (Å²) >= 11 is 0. The van der Waals surface area contributed by atoms with E-state index in [0.717, 1.165) is 6.08 Å². The van der Waals surface area contributed by atoms with E-state index in [2.05, 4.69) is 6.58 Å². The predicted octanol–water partition coefficient (Wildman–Crippen LogP) is -0.107. The van der Waals surface area contributed by atoms with Gasteiger partial charge >= 0.3 is 0 Å². The first kappa shape index (κ1) is 7.44. The van der Waals surface area contributed by atoms with Crippen LogP contribution in [0, 0.1) is 0 Å². The topological polar surface area (TPSA) is 46.5 Å². The predicted molar refractivity (Wildman–Crippen MR) is 35.6 cm³/mol. The number of carbonyl (C=O) groups excluding carboxylic acids is 1. The highest BCUT2D eigenvalue weighted by atomic mass is 16.5. The molecule has 1 heterocycles. The van der Waals surface area contributed by atoms with Crippen LogP contribution in [0.4, 0.5) is 0 Å². The van der Waals surface area contributed by atoms with E-state index in [9.17, 15) is 9.90 Å². The first-order chi connectivity index (χ1) is 4.69. The van der Waals surface area contributed by atoms with Crippen molar-refractivity contribution in [1.29, 1.82) is 0 Å². The molecule has 1 unspecified atom stereocenters. The number of hydrogen-bond donors (Lipinski definition) is 1. The summed E-state index contributed by atoms with van der Waals surface area (Å²) in [5.74, 6) is -0.343. The number of ketones is 1. The highest BCUT2D eigenvalue weighted by Gasteiger charge is 2.37. The second-order valence-corrected chi connectivity index (χ2v) is 2.40. The molecule has 0 aromatic rings. The molecule has 0 aromatic carbocycles. The van der Waals surface area contributed by atoms with Gasteiger partial charge in [-0.1, -0.05) is 6.58 Å². The minimum absolute atomic E-state index is 0.109. The normalized spacial score (nSPS) is 32.1. The maximum atomic E-state index is 10.9. The number of hydrogen-bond acceptors (Lipinski definition) is 3. The Balaban J connectivity index is 2.66. The van der Waals surface area contributed by atoms with Crippen molar-refractivity contribution >= 4 is 5.78 Å². The molecule has 1 fully saturated rings. The van der Waals surface area contributed by atoms with Gasteiger partial charge in [-0.15, -0.1) is 0 Å². The van der Waals surface area contributed by atoms with Gasteiger partial charge in [-0.3, -0.25) is 4.79 Å². The van der Waals surface area contributed by atoms with Gasteiger partial charge in [0.2, 0.25) is 0 Å². The van der Waals surface area contributed by atoms with Crippen molar-refractivity contribution in [2.24, 2.45) is 0 Å². The molecule has 0 aliphatic carbocycles. The van der Waals surface area contributed by atoms with E-state index in [1.165, 1.54) is 0 Å². The molecule has 0 spiro atoms. The van der Waals surface area contributed by atoms with Crippen LogP contribution in [-0.4, -0.2) is 29.7 Å².